The third-order valence-electron chi connectivity index (χ3n) is 2.45. The number of pyridine rings is 1. The van der Waals surface area contributed by atoms with Gasteiger partial charge in [-0.05, 0) is 24.3 Å². The van der Waals surface area contributed by atoms with Gasteiger partial charge < -0.3 is 10.5 Å². The van der Waals surface area contributed by atoms with Crippen LogP contribution in [0.15, 0.2) is 36.4 Å². The van der Waals surface area contributed by atoms with Gasteiger partial charge in [0, 0.05) is 10.6 Å². The quantitative estimate of drug-likeness (QED) is 0.845. The summed E-state index contributed by atoms with van der Waals surface area (Å²) in [5.41, 5.74) is 7.48. The Kier molecular flexibility index (Phi) is 3.48. The molecule has 0 bridgehead atoms. The van der Waals surface area contributed by atoms with Crippen molar-refractivity contribution in [1.29, 1.82) is 0 Å². The molecule has 0 saturated carbocycles. The number of anilines is 1. The molecule has 2 N–H and O–H groups in total. The van der Waals surface area contributed by atoms with E-state index in [1.807, 2.05) is 12.1 Å². The molecule has 0 aliphatic carbocycles. The Hall–Kier alpha value is -2.07. The SMILES string of the molecule is COC(=O)c1ccc(-c2cccc(Cl)c2)nc1N. The van der Waals surface area contributed by atoms with Crippen molar-refractivity contribution in [3.8, 4) is 11.3 Å². The summed E-state index contributed by atoms with van der Waals surface area (Å²) < 4.78 is 4.60. The molecular weight excluding hydrogens is 252 g/mol. The average molecular weight is 263 g/mol. The van der Waals surface area contributed by atoms with Gasteiger partial charge in [-0.2, -0.15) is 0 Å². The highest BCUT2D eigenvalue weighted by Gasteiger charge is 2.12. The number of hydrogen-bond acceptors (Lipinski definition) is 4. The zero-order valence-electron chi connectivity index (χ0n) is 9.68. The van der Waals surface area contributed by atoms with Crippen LogP contribution in [0.2, 0.25) is 5.02 Å². The normalized spacial score (nSPS) is 10.1. The minimum atomic E-state index is -0.502. The summed E-state index contributed by atoms with van der Waals surface area (Å²) >= 11 is 5.91. The zero-order chi connectivity index (χ0) is 13.1. The Morgan fingerprint density at radius 2 is 2.11 bits per heavy atom. The van der Waals surface area contributed by atoms with Crippen LogP contribution in [0.4, 0.5) is 5.82 Å². The van der Waals surface area contributed by atoms with E-state index in [-0.39, 0.29) is 11.4 Å². The Bertz CT molecular complexity index is 599. The minimum absolute atomic E-state index is 0.138. The number of nitrogens with two attached hydrogens (primary N) is 1. The standard InChI is InChI=1S/C13H11ClN2O2/c1-18-13(17)10-5-6-11(16-12(10)15)8-3-2-4-9(14)7-8/h2-7H,1H3,(H2,15,16). The highest BCUT2D eigenvalue weighted by molar-refractivity contribution is 6.30. The fraction of sp³-hybridized carbons (Fsp3) is 0.0769. The lowest BCUT2D eigenvalue weighted by atomic mass is 10.1. The molecule has 5 heteroatoms. The molecule has 0 spiro atoms. The van der Waals surface area contributed by atoms with E-state index in [0.29, 0.717) is 10.7 Å². The van der Waals surface area contributed by atoms with Crippen molar-refractivity contribution in [2.75, 3.05) is 12.8 Å². The molecule has 92 valence electrons. The van der Waals surface area contributed by atoms with Gasteiger partial charge in [0.05, 0.1) is 12.8 Å². The summed E-state index contributed by atoms with van der Waals surface area (Å²) in [6.07, 6.45) is 0. The van der Waals surface area contributed by atoms with E-state index < -0.39 is 5.97 Å². The third kappa shape index (κ3) is 2.43. The molecule has 4 nitrogen and oxygen atoms in total. The predicted molar refractivity (Wildman–Crippen MR) is 70.4 cm³/mol. The summed E-state index contributed by atoms with van der Waals surface area (Å²) in [5.74, 6) is -0.364. The molecule has 0 atom stereocenters. The van der Waals surface area contributed by atoms with Crippen LogP contribution in [0.1, 0.15) is 10.4 Å². The Balaban J connectivity index is 2.43. The van der Waals surface area contributed by atoms with Crippen LogP contribution in [-0.2, 0) is 4.74 Å². The summed E-state index contributed by atoms with van der Waals surface area (Å²) in [6, 6.07) is 10.5. The number of methoxy groups -OCH3 is 1. The molecule has 2 aromatic rings. The molecule has 0 radical (unpaired) electrons. The lowest BCUT2D eigenvalue weighted by Crippen LogP contribution is -2.07. The number of carbonyl (C=O) groups excluding carboxylic acids is 1. The molecule has 0 aliphatic heterocycles. The summed E-state index contributed by atoms with van der Waals surface area (Å²) in [7, 11) is 1.30. The summed E-state index contributed by atoms with van der Waals surface area (Å²) in [5, 5.41) is 0.616. The topological polar surface area (TPSA) is 65.2 Å². The summed E-state index contributed by atoms with van der Waals surface area (Å²) in [4.78, 5) is 15.5. The summed E-state index contributed by atoms with van der Waals surface area (Å²) in [6.45, 7) is 0. The van der Waals surface area contributed by atoms with E-state index >= 15 is 0 Å². The van der Waals surface area contributed by atoms with Crippen LogP contribution in [-0.4, -0.2) is 18.1 Å². The number of halogens is 1. The number of aromatic nitrogens is 1. The van der Waals surface area contributed by atoms with Gasteiger partial charge in [0.25, 0.3) is 0 Å². The predicted octanol–water partition coefficient (Wildman–Crippen LogP) is 2.77. The van der Waals surface area contributed by atoms with E-state index in [9.17, 15) is 4.79 Å². The molecule has 0 aliphatic rings. The van der Waals surface area contributed by atoms with E-state index in [1.165, 1.54) is 7.11 Å². The fourth-order valence-corrected chi connectivity index (χ4v) is 1.76. The first-order valence-electron chi connectivity index (χ1n) is 5.22. The van der Waals surface area contributed by atoms with E-state index in [2.05, 4.69) is 9.72 Å². The van der Waals surface area contributed by atoms with Crippen molar-refractivity contribution in [1.82, 2.24) is 4.98 Å². The number of benzene rings is 1. The van der Waals surface area contributed by atoms with Crippen molar-refractivity contribution in [3.63, 3.8) is 0 Å². The number of rotatable bonds is 2. The Labute approximate surface area is 109 Å². The van der Waals surface area contributed by atoms with E-state index in [0.717, 1.165) is 5.56 Å². The Morgan fingerprint density at radius 1 is 1.33 bits per heavy atom. The van der Waals surface area contributed by atoms with Crippen molar-refractivity contribution < 1.29 is 9.53 Å². The first-order valence-corrected chi connectivity index (χ1v) is 5.60. The molecule has 0 unspecified atom stereocenters. The van der Waals surface area contributed by atoms with Gasteiger partial charge in [0.2, 0.25) is 0 Å². The second-order valence-electron chi connectivity index (χ2n) is 3.63. The second-order valence-corrected chi connectivity index (χ2v) is 4.07. The van der Waals surface area contributed by atoms with Crippen molar-refractivity contribution in [3.05, 3.63) is 47.0 Å². The zero-order valence-corrected chi connectivity index (χ0v) is 10.4. The number of ether oxygens (including phenoxy) is 1. The molecule has 18 heavy (non-hydrogen) atoms. The van der Waals surface area contributed by atoms with Crippen LogP contribution in [0.25, 0.3) is 11.3 Å². The number of nitrogen functional groups attached to an aromatic ring is 1. The monoisotopic (exact) mass is 262 g/mol. The number of hydrogen-bond donors (Lipinski definition) is 1. The van der Waals surface area contributed by atoms with Crippen LogP contribution < -0.4 is 5.73 Å². The van der Waals surface area contributed by atoms with Crippen LogP contribution in [0, 0.1) is 0 Å². The molecular formula is C13H11ClN2O2. The van der Waals surface area contributed by atoms with Crippen molar-refractivity contribution >= 4 is 23.4 Å². The minimum Gasteiger partial charge on any atom is -0.465 e. The van der Waals surface area contributed by atoms with Gasteiger partial charge in [-0.1, -0.05) is 23.7 Å². The molecule has 2 rings (SSSR count). The maximum atomic E-state index is 11.4. The van der Waals surface area contributed by atoms with Crippen LogP contribution >= 0.6 is 11.6 Å². The van der Waals surface area contributed by atoms with Gasteiger partial charge in [-0.25, -0.2) is 9.78 Å². The molecule has 0 saturated heterocycles. The smallest absolute Gasteiger partial charge is 0.341 e. The second kappa shape index (κ2) is 5.06. The fourth-order valence-electron chi connectivity index (χ4n) is 1.57. The van der Waals surface area contributed by atoms with Crippen LogP contribution in [0.5, 0.6) is 0 Å². The van der Waals surface area contributed by atoms with Gasteiger partial charge in [0.1, 0.15) is 11.4 Å². The first kappa shape index (κ1) is 12.4. The molecule has 0 fully saturated rings. The lowest BCUT2D eigenvalue weighted by molar-refractivity contribution is 0.0601. The van der Waals surface area contributed by atoms with Gasteiger partial charge in [-0.3, -0.25) is 0 Å². The largest absolute Gasteiger partial charge is 0.465 e. The number of esters is 1. The number of nitrogens with zero attached hydrogens (tertiary/aromatic N) is 1. The highest BCUT2D eigenvalue weighted by Crippen LogP contribution is 2.23. The molecule has 1 heterocycles. The van der Waals surface area contributed by atoms with Gasteiger partial charge in [-0.15, -0.1) is 0 Å². The van der Waals surface area contributed by atoms with Crippen molar-refractivity contribution in [2.24, 2.45) is 0 Å². The average Bonchev–Trinajstić information content (AvgIpc) is 2.37. The molecule has 1 aromatic carbocycles. The molecule has 0 amide bonds. The van der Waals surface area contributed by atoms with E-state index in [1.54, 1.807) is 24.3 Å². The van der Waals surface area contributed by atoms with Crippen molar-refractivity contribution in [2.45, 2.75) is 0 Å². The highest BCUT2D eigenvalue weighted by atomic mass is 35.5. The maximum Gasteiger partial charge on any atom is 0.341 e. The van der Waals surface area contributed by atoms with Gasteiger partial charge in [0.15, 0.2) is 0 Å². The lowest BCUT2D eigenvalue weighted by Gasteiger charge is -2.06. The first-order chi connectivity index (χ1) is 8.61. The molecule has 1 aromatic heterocycles. The Morgan fingerprint density at radius 3 is 2.72 bits per heavy atom. The van der Waals surface area contributed by atoms with E-state index in [4.69, 9.17) is 17.3 Å². The third-order valence-corrected chi connectivity index (χ3v) is 2.69. The van der Waals surface area contributed by atoms with Crippen LogP contribution in [0.3, 0.4) is 0 Å². The maximum absolute atomic E-state index is 11.4. The number of carbonyl (C=O) groups is 1. The van der Waals surface area contributed by atoms with Gasteiger partial charge >= 0.3 is 5.97 Å².